The van der Waals surface area contributed by atoms with Crippen molar-refractivity contribution in [1.82, 2.24) is 10.3 Å². The number of pyridine rings is 1. The Morgan fingerprint density at radius 3 is 2.37 bits per heavy atom. The second-order valence-corrected chi connectivity index (χ2v) is 9.30. The Morgan fingerprint density at radius 1 is 0.943 bits per heavy atom. The first-order valence-corrected chi connectivity index (χ1v) is 11.4. The van der Waals surface area contributed by atoms with Gasteiger partial charge in [-0.05, 0) is 36.8 Å². The van der Waals surface area contributed by atoms with Crippen LogP contribution in [-0.2, 0) is 0 Å². The summed E-state index contributed by atoms with van der Waals surface area (Å²) in [5.74, 6) is -0.165. The fourth-order valence-electron chi connectivity index (χ4n) is 4.05. The van der Waals surface area contributed by atoms with Gasteiger partial charge in [0.1, 0.15) is 11.4 Å². The lowest BCUT2D eigenvalue weighted by Crippen LogP contribution is -2.43. The van der Waals surface area contributed by atoms with E-state index >= 15 is 0 Å². The highest BCUT2D eigenvalue weighted by Crippen LogP contribution is 2.37. The van der Waals surface area contributed by atoms with Crippen LogP contribution < -0.4 is 26.8 Å². The van der Waals surface area contributed by atoms with Crippen molar-refractivity contribution in [2.45, 2.75) is 26.8 Å². The van der Waals surface area contributed by atoms with Crippen molar-refractivity contribution in [2.75, 3.05) is 17.2 Å². The van der Waals surface area contributed by atoms with Crippen LogP contribution in [0.4, 0.5) is 17.1 Å². The van der Waals surface area contributed by atoms with Crippen LogP contribution in [0.15, 0.2) is 88.7 Å². The second-order valence-electron chi connectivity index (χ2n) is 9.30. The first kappa shape index (κ1) is 23.9. The molecule has 0 fully saturated rings. The number of hydrogen-bond acceptors (Lipinski definition) is 6. The maximum Gasteiger partial charge on any atom is 0.253 e. The molecule has 178 valence electrons. The standard InChI is InChI=1S/C28H28N4O3/c1-18-9-7-12-20(15-18)27(35)30-17-28(2,3)26(19-10-5-4-6-11-19)32-23-22(24(33)25(23)34)31-21-13-8-14-29-16-21/h4-16,26,31-32H,17H2,1-3H3,(H,30,35). The topological polar surface area (TPSA) is 100 Å². The number of nitrogens with zero attached hydrogens (tertiary/aromatic N) is 1. The lowest BCUT2D eigenvalue weighted by Gasteiger charge is -2.37. The van der Waals surface area contributed by atoms with Gasteiger partial charge in [-0.15, -0.1) is 0 Å². The first-order valence-electron chi connectivity index (χ1n) is 11.4. The fraction of sp³-hybridized carbons (Fsp3) is 0.214. The number of nitrogens with one attached hydrogen (secondary N) is 3. The van der Waals surface area contributed by atoms with Gasteiger partial charge in [-0.3, -0.25) is 19.4 Å². The summed E-state index contributed by atoms with van der Waals surface area (Å²) >= 11 is 0. The van der Waals surface area contributed by atoms with Gasteiger partial charge in [-0.1, -0.05) is 61.9 Å². The molecule has 1 aromatic heterocycles. The minimum absolute atomic E-state index is 0.165. The van der Waals surface area contributed by atoms with Gasteiger partial charge in [-0.2, -0.15) is 0 Å². The summed E-state index contributed by atoms with van der Waals surface area (Å²) in [4.78, 5) is 41.7. The van der Waals surface area contributed by atoms with Gasteiger partial charge in [0.25, 0.3) is 16.8 Å². The van der Waals surface area contributed by atoms with E-state index in [2.05, 4.69) is 20.9 Å². The highest BCUT2D eigenvalue weighted by Gasteiger charge is 2.34. The van der Waals surface area contributed by atoms with Crippen molar-refractivity contribution < 1.29 is 4.79 Å². The number of hydrogen-bond donors (Lipinski definition) is 3. The molecule has 0 aliphatic heterocycles. The van der Waals surface area contributed by atoms with E-state index in [0.717, 1.165) is 11.1 Å². The van der Waals surface area contributed by atoms with Crippen LogP contribution in [0.5, 0.6) is 0 Å². The van der Waals surface area contributed by atoms with Crippen molar-refractivity contribution in [3.8, 4) is 0 Å². The molecule has 1 heterocycles. The first-order chi connectivity index (χ1) is 16.8. The second kappa shape index (κ2) is 9.93. The van der Waals surface area contributed by atoms with E-state index in [-0.39, 0.29) is 23.3 Å². The zero-order valence-electron chi connectivity index (χ0n) is 20.0. The van der Waals surface area contributed by atoms with E-state index in [1.54, 1.807) is 30.6 Å². The largest absolute Gasteiger partial charge is 0.373 e. The molecule has 35 heavy (non-hydrogen) atoms. The summed E-state index contributed by atoms with van der Waals surface area (Å²) in [6.07, 6.45) is 3.21. The van der Waals surface area contributed by atoms with Gasteiger partial charge in [0.15, 0.2) is 0 Å². The van der Waals surface area contributed by atoms with Crippen molar-refractivity contribution in [3.63, 3.8) is 0 Å². The molecule has 1 unspecified atom stereocenters. The monoisotopic (exact) mass is 468 g/mol. The minimum atomic E-state index is -0.575. The summed E-state index contributed by atoms with van der Waals surface area (Å²) in [5.41, 5.74) is 1.92. The molecule has 3 N–H and O–H groups in total. The molecule has 0 aliphatic carbocycles. The van der Waals surface area contributed by atoms with Crippen LogP contribution in [0, 0.1) is 12.3 Å². The molecule has 0 saturated carbocycles. The van der Waals surface area contributed by atoms with E-state index in [4.69, 9.17) is 0 Å². The van der Waals surface area contributed by atoms with E-state index in [1.807, 2.05) is 69.3 Å². The predicted molar refractivity (Wildman–Crippen MR) is 139 cm³/mol. The number of aryl methyl sites for hydroxylation is 1. The number of carbonyl (C=O) groups is 1. The third-order valence-corrected chi connectivity index (χ3v) is 6.03. The Balaban J connectivity index is 1.59. The van der Waals surface area contributed by atoms with Crippen molar-refractivity contribution in [1.29, 1.82) is 0 Å². The predicted octanol–water partition coefficient (Wildman–Crippen LogP) is 4.34. The summed E-state index contributed by atoms with van der Waals surface area (Å²) in [7, 11) is 0. The maximum atomic E-state index is 12.8. The Hall–Kier alpha value is -4.26. The molecule has 0 aliphatic rings. The molecule has 0 bridgehead atoms. The summed E-state index contributed by atoms with van der Waals surface area (Å²) in [6.45, 7) is 6.30. The highest BCUT2D eigenvalue weighted by molar-refractivity contribution is 5.94. The van der Waals surface area contributed by atoms with E-state index in [1.165, 1.54) is 0 Å². The van der Waals surface area contributed by atoms with Crippen LogP contribution in [0.1, 0.15) is 41.4 Å². The molecule has 1 atom stereocenters. The molecule has 3 aromatic carbocycles. The van der Waals surface area contributed by atoms with E-state index < -0.39 is 16.3 Å². The number of rotatable bonds is 9. The molecular formula is C28H28N4O3. The lowest BCUT2D eigenvalue weighted by atomic mass is 9.79. The third kappa shape index (κ3) is 5.30. The molecule has 0 saturated heterocycles. The zero-order valence-corrected chi connectivity index (χ0v) is 20.0. The van der Waals surface area contributed by atoms with Crippen LogP contribution in [0.3, 0.4) is 0 Å². The molecule has 7 heteroatoms. The van der Waals surface area contributed by atoms with Gasteiger partial charge in [-0.25, -0.2) is 0 Å². The quantitative estimate of drug-likeness (QED) is 0.316. The zero-order chi connectivity index (χ0) is 25.0. The molecular weight excluding hydrogens is 440 g/mol. The highest BCUT2D eigenvalue weighted by atomic mass is 16.2. The maximum absolute atomic E-state index is 12.8. The van der Waals surface area contributed by atoms with Gasteiger partial charge < -0.3 is 16.0 Å². The minimum Gasteiger partial charge on any atom is -0.373 e. The summed E-state index contributed by atoms with van der Waals surface area (Å²) < 4.78 is 0. The van der Waals surface area contributed by atoms with Crippen molar-refractivity contribution in [3.05, 3.63) is 116 Å². The Kier molecular flexibility index (Phi) is 6.78. The Labute approximate surface area is 203 Å². The molecule has 0 spiro atoms. The Bertz CT molecular complexity index is 1390. The molecule has 7 nitrogen and oxygen atoms in total. The smallest absolute Gasteiger partial charge is 0.253 e. The molecule has 0 radical (unpaired) electrons. The van der Waals surface area contributed by atoms with Gasteiger partial charge in [0, 0.05) is 23.7 Å². The van der Waals surface area contributed by atoms with E-state index in [0.29, 0.717) is 17.8 Å². The number of carbonyl (C=O) groups excluding carboxylic acids is 1. The SMILES string of the molecule is Cc1cccc(C(=O)NCC(C)(C)C(Nc2c(Nc3cccnc3)c(=O)c2=O)c2ccccc2)c1. The van der Waals surface area contributed by atoms with Gasteiger partial charge in [0.05, 0.1) is 17.9 Å². The molecule has 4 aromatic rings. The number of anilines is 3. The Morgan fingerprint density at radius 2 is 1.69 bits per heavy atom. The van der Waals surface area contributed by atoms with Crippen LogP contribution in [0.2, 0.25) is 0 Å². The van der Waals surface area contributed by atoms with Crippen molar-refractivity contribution in [2.24, 2.45) is 5.41 Å². The number of amides is 1. The normalized spacial score (nSPS) is 12.2. The number of aromatic nitrogens is 1. The van der Waals surface area contributed by atoms with Gasteiger partial charge in [0.2, 0.25) is 0 Å². The van der Waals surface area contributed by atoms with Crippen LogP contribution in [0.25, 0.3) is 0 Å². The average molecular weight is 469 g/mol. The number of benzene rings is 2. The van der Waals surface area contributed by atoms with Crippen LogP contribution >= 0.6 is 0 Å². The average Bonchev–Trinajstić information content (AvgIpc) is 2.87. The fourth-order valence-corrected chi connectivity index (χ4v) is 4.05. The third-order valence-electron chi connectivity index (χ3n) is 6.03. The summed E-state index contributed by atoms with van der Waals surface area (Å²) in [6, 6.07) is 20.2. The van der Waals surface area contributed by atoms with Gasteiger partial charge >= 0.3 is 0 Å². The lowest BCUT2D eigenvalue weighted by molar-refractivity contribution is 0.0932. The molecule has 1 amide bonds. The molecule has 4 rings (SSSR count). The summed E-state index contributed by atoms with van der Waals surface area (Å²) in [5, 5.41) is 9.34. The van der Waals surface area contributed by atoms with E-state index in [9.17, 15) is 14.4 Å². The van der Waals surface area contributed by atoms with Crippen molar-refractivity contribution >= 4 is 23.0 Å². The van der Waals surface area contributed by atoms with Crippen LogP contribution in [-0.4, -0.2) is 17.4 Å².